The van der Waals surface area contributed by atoms with Crippen molar-refractivity contribution in [2.75, 3.05) is 17.3 Å². The lowest BCUT2D eigenvalue weighted by Gasteiger charge is -2.24. The maximum Gasteiger partial charge on any atom is 0.132 e. The third kappa shape index (κ3) is 2.23. The lowest BCUT2D eigenvalue weighted by atomic mass is 10.2. The number of alkyl halides is 1. The van der Waals surface area contributed by atoms with Gasteiger partial charge in [0.25, 0.3) is 0 Å². The average Bonchev–Trinajstić information content (AvgIpc) is 2.63. The van der Waals surface area contributed by atoms with E-state index in [0.29, 0.717) is 11.9 Å². The van der Waals surface area contributed by atoms with Crippen molar-refractivity contribution < 1.29 is 0 Å². The van der Waals surface area contributed by atoms with Crippen LogP contribution in [0.4, 0.5) is 5.82 Å². The third-order valence-corrected chi connectivity index (χ3v) is 3.16. The molecule has 1 unspecified atom stereocenters. The first kappa shape index (κ1) is 10.7. The maximum atomic E-state index is 5.95. The van der Waals surface area contributed by atoms with E-state index < -0.39 is 0 Å². The van der Waals surface area contributed by atoms with Gasteiger partial charge >= 0.3 is 0 Å². The molecule has 0 aromatic carbocycles. The zero-order valence-electron chi connectivity index (χ0n) is 9.20. The Bertz CT molecular complexity index is 333. The Morgan fingerprint density at radius 1 is 1.47 bits per heavy atom. The number of aromatic nitrogens is 2. The first-order valence-corrected chi connectivity index (χ1v) is 5.89. The van der Waals surface area contributed by atoms with E-state index in [-0.39, 0.29) is 0 Å². The molecule has 0 spiro atoms. The summed E-state index contributed by atoms with van der Waals surface area (Å²) >= 11 is 5.95. The van der Waals surface area contributed by atoms with E-state index in [1.54, 1.807) is 0 Å². The van der Waals surface area contributed by atoms with Gasteiger partial charge in [-0.3, -0.25) is 0 Å². The predicted octanol–water partition coefficient (Wildman–Crippen LogP) is 2.30. The summed E-state index contributed by atoms with van der Waals surface area (Å²) in [6.07, 6.45) is 2.38. The van der Waals surface area contributed by atoms with Crippen molar-refractivity contribution >= 4 is 17.4 Å². The van der Waals surface area contributed by atoms with Gasteiger partial charge in [0.15, 0.2) is 0 Å². The highest BCUT2D eigenvalue weighted by atomic mass is 35.5. The molecule has 1 aromatic heterocycles. The molecule has 0 bridgehead atoms. The van der Waals surface area contributed by atoms with E-state index in [1.807, 2.05) is 19.9 Å². The molecule has 2 rings (SSSR count). The normalized spacial score (nSPS) is 21.0. The summed E-state index contributed by atoms with van der Waals surface area (Å²) in [5.41, 5.74) is 1.03. The molecule has 15 heavy (non-hydrogen) atoms. The number of rotatable bonds is 2. The highest BCUT2D eigenvalue weighted by molar-refractivity contribution is 6.18. The molecule has 4 heteroatoms. The third-order valence-electron chi connectivity index (χ3n) is 2.80. The minimum absolute atomic E-state index is 0.445. The largest absolute Gasteiger partial charge is 0.352 e. The minimum atomic E-state index is 0.445. The molecule has 2 heterocycles. The van der Waals surface area contributed by atoms with Gasteiger partial charge in [0.2, 0.25) is 0 Å². The second-order valence-electron chi connectivity index (χ2n) is 4.06. The van der Waals surface area contributed by atoms with Crippen molar-refractivity contribution in [2.45, 2.75) is 32.7 Å². The zero-order valence-corrected chi connectivity index (χ0v) is 9.96. The molecule has 1 aliphatic heterocycles. The Morgan fingerprint density at radius 3 is 2.93 bits per heavy atom. The summed E-state index contributed by atoms with van der Waals surface area (Å²) < 4.78 is 0. The van der Waals surface area contributed by atoms with Crippen molar-refractivity contribution in [1.82, 2.24) is 9.97 Å². The van der Waals surface area contributed by atoms with Gasteiger partial charge < -0.3 is 4.90 Å². The van der Waals surface area contributed by atoms with Crippen molar-refractivity contribution in [3.63, 3.8) is 0 Å². The molecule has 82 valence electrons. The molecule has 1 atom stereocenters. The summed E-state index contributed by atoms with van der Waals surface area (Å²) in [7, 11) is 0. The Labute approximate surface area is 95.5 Å². The van der Waals surface area contributed by atoms with Gasteiger partial charge in [0.05, 0.1) is 0 Å². The van der Waals surface area contributed by atoms with E-state index in [1.165, 1.54) is 12.8 Å². The van der Waals surface area contributed by atoms with E-state index in [9.17, 15) is 0 Å². The standard InChI is InChI=1S/C11H16ClN3/c1-8-6-11(14-9(2)13-8)15-5-3-4-10(15)7-12/h6,10H,3-5,7H2,1-2H3. The van der Waals surface area contributed by atoms with Crippen molar-refractivity contribution in [3.05, 3.63) is 17.6 Å². The lowest BCUT2D eigenvalue weighted by molar-refractivity contribution is 0.729. The van der Waals surface area contributed by atoms with Crippen LogP contribution in [0.3, 0.4) is 0 Å². The highest BCUT2D eigenvalue weighted by Crippen LogP contribution is 2.24. The Hall–Kier alpha value is -0.830. The van der Waals surface area contributed by atoms with Gasteiger partial charge in [0, 0.05) is 30.2 Å². The minimum Gasteiger partial charge on any atom is -0.352 e. The van der Waals surface area contributed by atoms with Gasteiger partial charge in [-0.25, -0.2) is 9.97 Å². The quantitative estimate of drug-likeness (QED) is 0.724. The van der Waals surface area contributed by atoms with Crippen LogP contribution in [0.5, 0.6) is 0 Å². The molecule has 0 N–H and O–H groups in total. The number of hydrogen-bond donors (Lipinski definition) is 0. The van der Waals surface area contributed by atoms with Crippen molar-refractivity contribution in [2.24, 2.45) is 0 Å². The molecule has 0 radical (unpaired) electrons. The summed E-state index contributed by atoms with van der Waals surface area (Å²) in [6, 6.07) is 2.48. The van der Waals surface area contributed by atoms with Crippen LogP contribution in [0.25, 0.3) is 0 Å². The fourth-order valence-electron chi connectivity index (χ4n) is 2.14. The molecule has 0 amide bonds. The fraction of sp³-hybridized carbons (Fsp3) is 0.636. The van der Waals surface area contributed by atoms with E-state index >= 15 is 0 Å². The monoisotopic (exact) mass is 225 g/mol. The van der Waals surface area contributed by atoms with E-state index in [4.69, 9.17) is 11.6 Å². The summed E-state index contributed by atoms with van der Waals surface area (Å²) in [6.45, 7) is 5.00. The van der Waals surface area contributed by atoms with Gasteiger partial charge in [-0.1, -0.05) is 0 Å². The summed E-state index contributed by atoms with van der Waals surface area (Å²) in [4.78, 5) is 11.1. The molecule has 0 saturated carbocycles. The van der Waals surface area contributed by atoms with Gasteiger partial charge in [-0.05, 0) is 26.7 Å². The van der Waals surface area contributed by atoms with Crippen molar-refractivity contribution in [1.29, 1.82) is 0 Å². The SMILES string of the molecule is Cc1cc(N2CCCC2CCl)nc(C)n1. The smallest absolute Gasteiger partial charge is 0.132 e. The second-order valence-corrected chi connectivity index (χ2v) is 4.37. The number of aryl methyl sites for hydroxylation is 2. The van der Waals surface area contributed by atoms with Crippen LogP contribution < -0.4 is 4.90 Å². The Kier molecular flexibility index (Phi) is 3.10. The summed E-state index contributed by atoms with van der Waals surface area (Å²) in [5, 5.41) is 0. The van der Waals surface area contributed by atoms with Crippen LogP contribution in [0.1, 0.15) is 24.4 Å². The molecule has 3 nitrogen and oxygen atoms in total. The molecule has 1 fully saturated rings. The highest BCUT2D eigenvalue weighted by Gasteiger charge is 2.24. The van der Waals surface area contributed by atoms with Crippen LogP contribution >= 0.6 is 11.6 Å². The molecule has 1 aromatic rings. The molecule has 1 saturated heterocycles. The van der Waals surface area contributed by atoms with Crippen LogP contribution in [0.2, 0.25) is 0 Å². The number of anilines is 1. The first-order chi connectivity index (χ1) is 7.20. The Morgan fingerprint density at radius 2 is 2.27 bits per heavy atom. The summed E-state index contributed by atoms with van der Waals surface area (Å²) in [5.74, 6) is 2.55. The van der Waals surface area contributed by atoms with Gasteiger partial charge in [-0.15, -0.1) is 11.6 Å². The van der Waals surface area contributed by atoms with E-state index in [0.717, 1.165) is 23.9 Å². The number of hydrogen-bond acceptors (Lipinski definition) is 3. The van der Waals surface area contributed by atoms with Gasteiger partial charge in [-0.2, -0.15) is 0 Å². The topological polar surface area (TPSA) is 29.0 Å². The lowest BCUT2D eigenvalue weighted by Crippen LogP contribution is -2.31. The van der Waals surface area contributed by atoms with Crippen LogP contribution in [-0.4, -0.2) is 28.4 Å². The van der Waals surface area contributed by atoms with E-state index in [2.05, 4.69) is 14.9 Å². The molecular formula is C11H16ClN3. The van der Waals surface area contributed by atoms with Crippen LogP contribution in [0, 0.1) is 13.8 Å². The molecule has 1 aliphatic rings. The van der Waals surface area contributed by atoms with Gasteiger partial charge in [0.1, 0.15) is 11.6 Å². The zero-order chi connectivity index (χ0) is 10.8. The predicted molar refractivity (Wildman–Crippen MR) is 62.6 cm³/mol. The van der Waals surface area contributed by atoms with Crippen LogP contribution in [0.15, 0.2) is 6.07 Å². The Balaban J connectivity index is 2.28. The average molecular weight is 226 g/mol. The second kappa shape index (κ2) is 4.35. The fourth-order valence-corrected chi connectivity index (χ4v) is 2.46. The van der Waals surface area contributed by atoms with Crippen molar-refractivity contribution in [3.8, 4) is 0 Å². The number of nitrogens with zero attached hydrogens (tertiary/aromatic N) is 3. The van der Waals surface area contributed by atoms with Crippen LogP contribution in [-0.2, 0) is 0 Å². The first-order valence-electron chi connectivity index (χ1n) is 5.35. The maximum absolute atomic E-state index is 5.95. The molecule has 0 aliphatic carbocycles. The number of halogens is 1. The molecular weight excluding hydrogens is 210 g/mol.